The molecule has 1 aromatic carbocycles. The number of fused-ring (bicyclic) bond motifs is 1. The number of nitriles is 1. The van der Waals surface area contributed by atoms with E-state index in [2.05, 4.69) is 47.4 Å². The standard InChI is InChI=1S/C27H38FN5O5/c1-26(2,3)8-7-21(30-23-20-6-5-19(28)17-22(20)38-25(35)31-23)24(34)32-27(18-29)9-11-33(12-10-27)13-14-37-16-15-36-4/h5-6,17,21H,7-16H2,1-4H3,(H,32,34)(H,30,31,35). The van der Waals surface area contributed by atoms with E-state index >= 15 is 0 Å². The van der Waals surface area contributed by atoms with Crippen molar-refractivity contribution in [3.05, 3.63) is 34.6 Å². The SMILES string of the molecule is COCCOCCN1CCC(C#N)(NC(=O)C(CCC(C)(C)C)Nc2nc(=O)oc3cc(F)ccc23)CC1. The Morgan fingerprint density at radius 2 is 2.03 bits per heavy atom. The molecule has 1 fully saturated rings. The van der Waals surface area contributed by atoms with Crippen molar-refractivity contribution in [2.75, 3.05) is 51.9 Å². The molecule has 1 aromatic heterocycles. The van der Waals surface area contributed by atoms with Gasteiger partial charge in [-0.2, -0.15) is 10.2 Å². The zero-order valence-electron chi connectivity index (χ0n) is 22.6. The Balaban J connectivity index is 1.72. The molecule has 2 N–H and O–H groups in total. The van der Waals surface area contributed by atoms with Gasteiger partial charge in [0.15, 0.2) is 0 Å². The Labute approximate surface area is 222 Å². The number of nitrogens with zero attached hydrogens (tertiary/aromatic N) is 3. The molecule has 1 saturated heterocycles. The van der Waals surface area contributed by atoms with Gasteiger partial charge in [-0.3, -0.25) is 4.79 Å². The molecule has 11 heteroatoms. The van der Waals surface area contributed by atoms with Gasteiger partial charge in [-0.15, -0.1) is 0 Å². The predicted molar refractivity (Wildman–Crippen MR) is 141 cm³/mol. The molecular formula is C27H38FN5O5. The van der Waals surface area contributed by atoms with Crippen LogP contribution in [0.1, 0.15) is 46.5 Å². The highest BCUT2D eigenvalue weighted by Gasteiger charge is 2.38. The van der Waals surface area contributed by atoms with Gasteiger partial charge >= 0.3 is 5.76 Å². The van der Waals surface area contributed by atoms with Gasteiger partial charge in [0.05, 0.1) is 31.3 Å². The lowest BCUT2D eigenvalue weighted by Crippen LogP contribution is -2.57. The molecule has 1 atom stereocenters. The fraction of sp³-hybridized carbons (Fsp3) is 0.630. The fourth-order valence-corrected chi connectivity index (χ4v) is 4.35. The van der Waals surface area contributed by atoms with Gasteiger partial charge in [0.2, 0.25) is 5.91 Å². The molecule has 0 saturated carbocycles. The van der Waals surface area contributed by atoms with Crippen LogP contribution in [-0.4, -0.2) is 73.9 Å². The van der Waals surface area contributed by atoms with Gasteiger partial charge in [-0.1, -0.05) is 20.8 Å². The number of anilines is 1. The highest BCUT2D eigenvalue weighted by molar-refractivity contribution is 5.91. The third-order valence-corrected chi connectivity index (χ3v) is 6.68. The van der Waals surface area contributed by atoms with Crippen LogP contribution in [0, 0.1) is 22.6 Å². The van der Waals surface area contributed by atoms with E-state index in [0.717, 1.165) is 12.6 Å². The second-order valence-corrected chi connectivity index (χ2v) is 10.9. The number of nitrogens with one attached hydrogen (secondary N) is 2. The maximum absolute atomic E-state index is 13.7. The number of methoxy groups -OCH3 is 1. The summed E-state index contributed by atoms with van der Waals surface area (Å²) in [6.07, 6.45) is 2.10. The number of likely N-dealkylation sites (tertiary alicyclic amines) is 1. The van der Waals surface area contributed by atoms with Gasteiger partial charge in [0, 0.05) is 32.8 Å². The third kappa shape index (κ3) is 8.48. The molecule has 3 rings (SSSR count). The highest BCUT2D eigenvalue weighted by Crippen LogP contribution is 2.27. The molecule has 2 heterocycles. The maximum Gasteiger partial charge on any atom is 0.441 e. The Bertz CT molecular complexity index is 1180. The number of halogens is 1. The summed E-state index contributed by atoms with van der Waals surface area (Å²) >= 11 is 0. The number of aromatic nitrogens is 1. The molecule has 1 aliphatic heterocycles. The maximum atomic E-state index is 13.7. The van der Waals surface area contributed by atoms with E-state index in [1.807, 2.05) is 0 Å². The number of piperidine rings is 1. The number of benzene rings is 1. The smallest absolute Gasteiger partial charge is 0.408 e. The summed E-state index contributed by atoms with van der Waals surface area (Å²) < 4.78 is 29.3. The second-order valence-electron chi connectivity index (χ2n) is 10.9. The molecule has 0 bridgehead atoms. The minimum absolute atomic E-state index is 0.0366. The highest BCUT2D eigenvalue weighted by atomic mass is 19.1. The Morgan fingerprint density at radius 1 is 1.29 bits per heavy atom. The van der Waals surface area contributed by atoms with E-state index in [-0.39, 0.29) is 22.7 Å². The van der Waals surface area contributed by atoms with Crippen molar-refractivity contribution in [3.63, 3.8) is 0 Å². The Morgan fingerprint density at radius 3 is 2.68 bits per heavy atom. The van der Waals surface area contributed by atoms with Crippen LogP contribution in [0.4, 0.5) is 10.2 Å². The van der Waals surface area contributed by atoms with Crippen LogP contribution >= 0.6 is 0 Å². The Hall–Kier alpha value is -3.07. The molecule has 1 unspecified atom stereocenters. The normalized spacial score (nSPS) is 16.6. The number of carbonyl (C=O) groups is 1. The molecule has 2 aromatic rings. The molecule has 0 radical (unpaired) electrons. The van der Waals surface area contributed by atoms with Crippen molar-refractivity contribution in [3.8, 4) is 6.07 Å². The molecule has 38 heavy (non-hydrogen) atoms. The van der Waals surface area contributed by atoms with E-state index < -0.39 is 23.2 Å². The summed E-state index contributed by atoms with van der Waals surface area (Å²) in [6, 6.07) is 5.36. The lowest BCUT2D eigenvalue weighted by atomic mass is 9.86. The summed E-state index contributed by atoms with van der Waals surface area (Å²) in [5.41, 5.74) is -1.02. The van der Waals surface area contributed by atoms with E-state index in [1.54, 1.807) is 7.11 Å². The first-order valence-electron chi connectivity index (χ1n) is 12.9. The number of carbonyl (C=O) groups excluding carboxylic acids is 1. The average molecular weight is 532 g/mol. The predicted octanol–water partition coefficient (Wildman–Crippen LogP) is 3.07. The van der Waals surface area contributed by atoms with Crippen molar-refractivity contribution in [1.82, 2.24) is 15.2 Å². The first-order valence-corrected chi connectivity index (χ1v) is 12.9. The third-order valence-electron chi connectivity index (χ3n) is 6.68. The van der Waals surface area contributed by atoms with Gasteiger partial charge in [0.1, 0.15) is 28.8 Å². The van der Waals surface area contributed by atoms with Crippen LogP contribution in [0.3, 0.4) is 0 Å². The van der Waals surface area contributed by atoms with E-state index in [1.165, 1.54) is 12.1 Å². The largest absolute Gasteiger partial charge is 0.441 e. The molecule has 1 aliphatic rings. The minimum Gasteiger partial charge on any atom is -0.408 e. The summed E-state index contributed by atoms with van der Waals surface area (Å²) in [7, 11) is 1.63. The summed E-state index contributed by atoms with van der Waals surface area (Å²) in [4.78, 5) is 31.7. The lowest BCUT2D eigenvalue weighted by molar-refractivity contribution is -0.124. The van der Waals surface area contributed by atoms with Crippen LogP contribution in [-0.2, 0) is 14.3 Å². The second kappa shape index (κ2) is 13.1. The van der Waals surface area contributed by atoms with Gasteiger partial charge in [0.25, 0.3) is 0 Å². The fourth-order valence-electron chi connectivity index (χ4n) is 4.35. The zero-order valence-corrected chi connectivity index (χ0v) is 22.6. The number of rotatable bonds is 12. The van der Waals surface area contributed by atoms with Crippen molar-refractivity contribution >= 4 is 22.7 Å². The first kappa shape index (κ1) is 29.5. The Kier molecular flexibility index (Phi) is 10.2. The lowest BCUT2D eigenvalue weighted by Gasteiger charge is -2.38. The van der Waals surface area contributed by atoms with Crippen LogP contribution in [0.5, 0.6) is 0 Å². The number of amides is 1. The van der Waals surface area contributed by atoms with Crippen molar-refractivity contribution < 1.29 is 23.1 Å². The average Bonchev–Trinajstić information content (AvgIpc) is 2.86. The van der Waals surface area contributed by atoms with E-state index in [4.69, 9.17) is 13.9 Å². The number of hydrogen-bond donors (Lipinski definition) is 2. The van der Waals surface area contributed by atoms with Gasteiger partial charge in [-0.25, -0.2) is 9.18 Å². The topological polar surface area (TPSA) is 130 Å². The quantitative estimate of drug-likeness (QED) is 0.397. The first-order chi connectivity index (χ1) is 18.0. The molecule has 0 aliphatic carbocycles. The summed E-state index contributed by atoms with van der Waals surface area (Å²) in [5.74, 6) is -1.66. The van der Waals surface area contributed by atoms with Crippen LogP contribution < -0.4 is 16.4 Å². The minimum atomic E-state index is -1.000. The zero-order chi connectivity index (χ0) is 27.8. The van der Waals surface area contributed by atoms with E-state index in [0.29, 0.717) is 64.0 Å². The van der Waals surface area contributed by atoms with Crippen molar-refractivity contribution in [2.24, 2.45) is 5.41 Å². The van der Waals surface area contributed by atoms with Crippen molar-refractivity contribution in [2.45, 2.75) is 58.0 Å². The van der Waals surface area contributed by atoms with Crippen LogP contribution in [0.15, 0.2) is 27.4 Å². The summed E-state index contributed by atoms with van der Waals surface area (Å²) in [6.45, 7) is 9.91. The molecule has 208 valence electrons. The van der Waals surface area contributed by atoms with Crippen LogP contribution in [0.25, 0.3) is 11.0 Å². The number of hydrogen-bond acceptors (Lipinski definition) is 9. The summed E-state index contributed by atoms with van der Waals surface area (Å²) in [5, 5.41) is 16.5. The molecular weight excluding hydrogens is 493 g/mol. The van der Waals surface area contributed by atoms with Gasteiger partial charge < -0.3 is 29.4 Å². The van der Waals surface area contributed by atoms with Crippen molar-refractivity contribution in [1.29, 1.82) is 5.26 Å². The molecule has 10 nitrogen and oxygen atoms in total. The monoisotopic (exact) mass is 531 g/mol. The van der Waals surface area contributed by atoms with E-state index in [9.17, 15) is 19.2 Å². The molecule has 0 spiro atoms. The van der Waals surface area contributed by atoms with Gasteiger partial charge in [-0.05, 0) is 43.2 Å². The number of ether oxygens (including phenoxy) is 2. The van der Waals surface area contributed by atoms with Crippen LogP contribution in [0.2, 0.25) is 0 Å². The molecule has 1 amide bonds.